The third-order valence-corrected chi connectivity index (χ3v) is 6.01. The van der Waals surface area contributed by atoms with E-state index in [9.17, 15) is 19.2 Å². The first kappa shape index (κ1) is 24.5. The average molecular weight is 485 g/mol. The molecule has 2 aliphatic heterocycles. The monoisotopic (exact) mass is 484 g/mol. The molecule has 2 unspecified atom stereocenters. The van der Waals surface area contributed by atoms with Crippen LogP contribution in [0.15, 0.2) is 103 Å². The summed E-state index contributed by atoms with van der Waals surface area (Å²) in [5, 5.41) is 21.1. The Morgan fingerprint density at radius 3 is 1.33 bits per heavy atom. The lowest BCUT2D eigenvalue weighted by atomic mass is 9.89. The summed E-state index contributed by atoms with van der Waals surface area (Å²) >= 11 is 0. The SMILES string of the molecule is CC1=C(CCC2=C(C)C(N=Nc3ccccc3)C(=O)NC2=O)C(=O)NC(=O)C1N=Nc1ccccc1. The largest absolute Gasteiger partial charge is 0.290 e. The number of nitrogens with one attached hydrogen (secondary N) is 2. The molecule has 2 atom stereocenters. The molecule has 0 aromatic heterocycles. The predicted molar refractivity (Wildman–Crippen MR) is 130 cm³/mol. The van der Waals surface area contributed by atoms with Crippen LogP contribution in [0.2, 0.25) is 0 Å². The second-order valence-electron chi connectivity index (χ2n) is 8.37. The molecule has 2 aliphatic rings. The molecular formula is C26H24N6O4. The van der Waals surface area contributed by atoms with Gasteiger partial charge in [-0.2, -0.15) is 20.5 Å². The van der Waals surface area contributed by atoms with Crippen molar-refractivity contribution < 1.29 is 19.2 Å². The molecule has 0 aliphatic carbocycles. The molecule has 0 spiro atoms. The average Bonchev–Trinajstić information content (AvgIpc) is 2.86. The van der Waals surface area contributed by atoms with Crippen molar-refractivity contribution in [2.75, 3.05) is 0 Å². The molecule has 2 aromatic rings. The molecule has 10 nitrogen and oxygen atoms in total. The maximum atomic E-state index is 12.6. The Morgan fingerprint density at radius 2 is 0.972 bits per heavy atom. The van der Waals surface area contributed by atoms with Gasteiger partial charge in [-0.3, -0.25) is 29.8 Å². The normalized spacial score (nSPS) is 20.9. The van der Waals surface area contributed by atoms with Crippen LogP contribution in [0.5, 0.6) is 0 Å². The lowest BCUT2D eigenvalue weighted by molar-refractivity contribution is -0.131. The van der Waals surface area contributed by atoms with Crippen molar-refractivity contribution in [3.8, 4) is 0 Å². The first-order valence-corrected chi connectivity index (χ1v) is 11.4. The molecule has 0 saturated heterocycles. The summed E-state index contributed by atoms with van der Waals surface area (Å²) in [5.74, 6) is -2.18. The summed E-state index contributed by atoms with van der Waals surface area (Å²) in [7, 11) is 0. The molecule has 36 heavy (non-hydrogen) atoms. The standard InChI is InChI=1S/C26H24N6O4/c1-15-19(23(33)27-25(35)21(15)31-29-17-9-5-3-6-10-17)13-14-20-16(2)22(26(36)28-24(20)34)32-30-18-11-7-4-8-12-18/h3-12,21-22H,13-14H2,1-2H3,(H,27,33,35)(H,28,34,36). The zero-order chi connectivity index (χ0) is 25.7. The molecule has 0 fully saturated rings. The van der Waals surface area contributed by atoms with E-state index in [1.165, 1.54) is 0 Å². The van der Waals surface area contributed by atoms with Crippen LogP contribution < -0.4 is 10.6 Å². The maximum Gasteiger partial charge on any atom is 0.257 e. The molecule has 0 saturated carbocycles. The van der Waals surface area contributed by atoms with Crippen molar-refractivity contribution in [2.45, 2.75) is 38.8 Å². The Bertz CT molecular complexity index is 1230. The molecule has 2 heterocycles. The lowest BCUT2D eigenvalue weighted by Crippen LogP contribution is -2.45. The number of imide groups is 2. The summed E-state index contributed by atoms with van der Waals surface area (Å²) in [6, 6.07) is 16.0. The van der Waals surface area contributed by atoms with Crippen molar-refractivity contribution in [1.82, 2.24) is 10.6 Å². The van der Waals surface area contributed by atoms with Gasteiger partial charge < -0.3 is 0 Å². The Labute approximate surface area is 207 Å². The molecule has 4 rings (SSSR count). The second kappa shape index (κ2) is 10.8. The van der Waals surface area contributed by atoms with E-state index in [0.29, 0.717) is 33.7 Å². The Kier molecular flexibility index (Phi) is 7.33. The number of rotatable bonds is 7. The highest BCUT2D eigenvalue weighted by molar-refractivity contribution is 6.12. The fourth-order valence-electron chi connectivity index (χ4n) is 3.98. The van der Waals surface area contributed by atoms with E-state index < -0.39 is 35.7 Å². The van der Waals surface area contributed by atoms with Crippen LogP contribution in [0.25, 0.3) is 0 Å². The fraction of sp³-hybridized carbons (Fsp3) is 0.231. The van der Waals surface area contributed by atoms with Gasteiger partial charge in [0, 0.05) is 11.1 Å². The van der Waals surface area contributed by atoms with E-state index in [1.54, 1.807) is 62.4 Å². The van der Waals surface area contributed by atoms with E-state index in [-0.39, 0.29) is 12.8 Å². The van der Waals surface area contributed by atoms with Gasteiger partial charge in [-0.25, -0.2) is 0 Å². The minimum Gasteiger partial charge on any atom is -0.290 e. The summed E-state index contributed by atoms with van der Waals surface area (Å²) in [6.45, 7) is 3.31. The first-order chi connectivity index (χ1) is 17.3. The highest BCUT2D eigenvalue weighted by Gasteiger charge is 2.35. The van der Waals surface area contributed by atoms with Crippen molar-refractivity contribution >= 4 is 35.0 Å². The molecule has 4 amide bonds. The van der Waals surface area contributed by atoms with Crippen molar-refractivity contribution in [1.29, 1.82) is 0 Å². The highest BCUT2D eigenvalue weighted by atomic mass is 16.2. The van der Waals surface area contributed by atoms with Gasteiger partial charge in [0.2, 0.25) is 0 Å². The molecule has 2 N–H and O–H groups in total. The summed E-state index contributed by atoms with van der Waals surface area (Å²) in [6.07, 6.45) is 0.332. The maximum absolute atomic E-state index is 12.6. The molecule has 10 heteroatoms. The molecule has 0 bridgehead atoms. The van der Waals surface area contributed by atoms with Crippen LogP contribution in [0.1, 0.15) is 26.7 Å². The number of hydrogen-bond donors (Lipinski definition) is 2. The number of carbonyl (C=O) groups is 4. The third kappa shape index (κ3) is 5.38. The minimum absolute atomic E-state index is 0.166. The molecule has 2 aromatic carbocycles. The number of carbonyl (C=O) groups excluding carboxylic acids is 4. The lowest BCUT2D eigenvalue weighted by Gasteiger charge is -2.24. The van der Waals surface area contributed by atoms with Gasteiger partial charge >= 0.3 is 0 Å². The minimum atomic E-state index is -0.956. The van der Waals surface area contributed by atoms with E-state index in [1.807, 2.05) is 12.1 Å². The third-order valence-electron chi connectivity index (χ3n) is 6.01. The van der Waals surface area contributed by atoms with Gasteiger partial charge in [-0.1, -0.05) is 36.4 Å². The first-order valence-electron chi connectivity index (χ1n) is 11.4. The predicted octanol–water partition coefficient (Wildman–Crippen LogP) is 4.02. The van der Waals surface area contributed by atoms with Gasteiger partial charge in [0.1, 0.15) is 0 Å². The number of nitrogens with zero attached hydrogens (tertiary/aromatic N) is 4. The van der Waals surface area contributed by atoms with Gasteiger partial charge in [-0.05, 0) is 62.1 Å². The zero-order valence-electron chi connectivity index (χ0n) is 19.8. The van der Waals surface area contributed by atoms with Gasteiger partial charge in [0.05, 0.1) is 11.4 Å². The van der Waals surface area contributed by atoms with Gasteiger partial charge in [0.25, 0.3) is 23.6 Å². The Hall–Kier alpha value is -4.60. The van der Waals surface area contributed by atoms with Crippen LogP contribution in [-0.2, 0) is 19.2 Å². The van der Waals surface area contributed by atoms with Crippen LogP contribution in [0, 0.1) is 0 Å². The van der Waals surface area contributed by atoms with E-state index in [0.717, 1.165) is 0 Å². The van der Waals surface area contributed by atoms with Crippen molar-refractivity contribution in [2.24, 2.45) is 20.5 Å². The topological polar surface area (TPSA) is 142 Å². The highest BCUT2D eigenvalue weighted by Crippen LogP contribution is 2.28. The van der Waals surface area contributed by atoms with Crippen LogP contribution in [-0.4, -0.2) is 35.7 Å². The van der Waals surface area contributed by atoms with Crippen LogP contribution in [0.4, 0.5) is 11.4 Å². The van der Waals surface area contributed by atoms with Crippen LogP contribution >= 0.6 is 0 Å². The summed E-state index contributed by atoms with van der Waals surface area (Å²) in [5.41, 5.74) is 2.79. The van der Waals surface area contributed by atoms with Crippen molar-refractivity contribution in [3.63, 3.8) is 0 Å². The smallest absolute Gasteiger partial charge is 0.257 e. The zero-order valence-corrected chi connectivity index (χ0v) is 19.8. The van der Waals surface area contributed by atoms with E-state index in [4.69, 9.17) is 0 Å². The molecular weight excluding hydrogens is 460 g/mol. The van der Waals surface area contributed by atoms with Gasteiger partial charge in [-0.15, -0.1) is 0 Å². The number of benzene rings is 2. The number of azo groups is 2. The summed E-state index contributed by atoms with van der Waals surface area (Å²) in [4.78, 5) is 50.0. The van der Waals surface area contributed by atoms with E-state index >= 15 is 0 Å². The molecule has 0 radical (unpaired) electrons. The second-order valence-corrected chi connectivity index (χ2v) is 8.37. The quantitative estimate of drug-likeness (QED) is 0.452. The summed E-state index contributed by atoms with van der Waals surface area (Å²) < 4.78 is 0. The van der Waals surface area contributed by atoms with Crippen LogP contribution in [0.3, 0.4) is 0 Å². The van der Waals surface area contributed by atoms with Gasteiger partial charge in [0.15, 0.2) is 12.1 Å². The van der Waals surface area contributed by atoms with Crippen molar-refractivity contribution in [3.05, 3.63) is 83.0 Å². The number of hydrogen-bond acceptors (Lipinski definition) is 8. The molecule has 182 valence electrons. The number of amides is 4. The fourth-order valence-corrected chi connectivity index (χ4v) is 3.98. The Morgan fingerprint density at radius 1 is 0.611 bits per heavy atom. The van der Waals surface area contributed by atoms with E-state index in [2.05, 4.69) is 31.1 Å². The Balaban J connectivity index is 1.55.